The average molecular weight is 335 g/mol. The van der Waals surface area contributed by atoms with Crippen molar-refractivity contribution in [3.8, 4) is 6.07 Å². The molecule has 1 saturated carbocycles. The molecule has 4 rings (SSSR count). The Morgan fingerprint density at radius 3 is 2.92 bits per heavy atom. The van der Waals surface area contributed by atoms with E-state index in [-0.39, 0.29) is 16.8 Å². The number of aliphatic imine (C=N–C) groups is 1. The highest BCUT2D eigenvalue weighted by molar-refractivity contribution is 7.82. The smallest absolute Gasteiger partial charge is 0.141 e. The van der Waals surface area contributed by atoms with E-state index in [0.717, 1.165) is 41.0 Å². The molecule has 0 radical (unpaired) electrons. The Balaban J connectivity index is 1.67. The number of nitriles is 1. The summed E-state index contributed by atoms with van der Waals surface area (Å²) in [7, 11) is 0. The molecule has 3 atom stereocenters. The zero-order valence-corrected chi connectivity index (χ0v) is 14.2. The van der Waals surface area contributed by atoms with E-state index in [9.17, 15) is 5.26 Å². The third kappa shape index (κ3) is 2.57. The lowest BCUT2D eigenvalue weighted by atomic mass is 9.98. The number of thiol groups is 1. The molecule has 1 fully saturated rings. The summed E-state index contributed by atoms with van der Waals surface area (Å²) < 4.78 is 5.75. The number of nitrogens with zero attached hydrogens (tertiary/aromatic N) is 3. The van der Waals surface area contributed by atoms with Crippen LogP contribution >= 0.6 is 12.6 Å². The monoisotopic (exact) mass is 335 g/mol. The number of hydrogen-bond donors (Lipinski definition) is 1. The predicted octanol–water partition coefficient (Wildman–Crippen LogP) is 3.71. The Bertz CT molecular complexity index is 843. The van der Waals surface area contributed by atoms with Gasteiger partial charge in [0.1, 0.15) is 11.9 Å². The van der Waals surface area contributed by atoms with Crippen molar-refractivity contribution in [3.05, 3.63) is 59.3 Å². The van der Waals surface area contributed by atoms with Crippen LogP contribution in [0.2, 0.25) is 0 Å². The molecule has 120 valence electrons. The first-order chi connectivity index (χ1) is 11.6. The van der Waals surface area contributed by atoms with Crippen LogP contribution in [0.3, 0.4) is 0 Å². The molecule has 4 nitrogen and oxygen atoms in total. The lowest BCUT2D eigenvalue weighted by Crippen LogP contribution is -2.15. The molecule has 2 aliphatic heterocycles. The molecule has 0 bridgehead atoms. The number of rotatable bonds is 1. The maximum atomic E-state index is 9.62. The summed E-state index contributed by atoms with van der Waals surface area (Å²) in [6.45, 7) is 1.99. The average Bonchev–Trinajstić information content (AvgIpc) is 3.06. The molecular weight excluding hydrogens is 318 g/mol. The normalized spacial score (nSPS) is 32.7. The van der Waals surface area contributed by atoms with Gasteiger partial charge in [0.2, 0.25) is 0 Å². The van der Waals surface area contributed by atoms with Crippen molar-refractivity contribution in [1.29, 1.82) is 5.26 Å². The van der Waals surface area contributed by atoms with Crippen molar-refractivity contribution >= 4 is 24.4 Å². The fraction of sp³-hybridized carbons (Fsp3) is 0.316. The van der Waals surface area contributed by atoms with Gasteiger partial charge in [0.15, 0.2) is 0 Å². The van der Waals surface area contributed by atoms with Crippen LogP contribution < -0.4 is 0 Å². The van der Waals surface area contributed by atoms with Gasteiger partial charge in [-0.1, -0.05) is 6.08 Å². The third-order valence-corrected chi connectivity index (χ3v) is 4.98. The van der Waals surface area contributed by atoms with Crippen LogP contribution in [-0.2, 0) is 4.74 Å². The summed E-state index contributed by atoms with van der Waals surface area (Å²) in [5.74, 6) is 1.06. The van der Waals surface area contributed by atoms with Gasteiger partial charge in [-0.05, 0) is 42.7 Å². The number of aromatic nitrogens is 1. The number of ether oxygens (including phenoxy) is 1. The Hall–Kier alpha value is -2.32. The second-order valence-corrected chi connectivity index (χ2v) is 7.53. The van der Waals surface area contributed by atoms with Crippen molar-refractivity contribution in [2.45, 2.75) is 30.6 Å². The molecule has 3 heterocycles. The summed E-state index contributed by atoms with van der Waals surface area (Å²) in [6.07, 6.45) is 10.9. The molecule has 3 unspecified atom stereocenters. The molecule has 1 aromatic rings. The lowest BCUT2D eigenvalue weighted by molar-refractivity contribution is 0.138. The highest BCUT2D eigenvalue weighted by Crippen LogP contribution is 2.48. The van der Waals surface area contributed by atoms with Crippen LogP contribution in [0.15, 0.2) is 58.7 Å². The third-order valence-electron chi connectivity index (χ3n) is 4.72. The minimum Gasteiger partial charge on any atom is -0.487 e. The van der Waals surface area contributed by atoms with E-state index in [1.807, 2.05) is 37.4 Å². The van der Waals surface area contributed by atoms with E-state index in [2.05, 4.69) is 28.7 Å². The van der Waals surface area contributed by atoms with Gasteiger partial charge >= 0.3 is 0 Å². The van der Waals surface area contributed by atoms with Crippen molar-refractivity contribution in [3.63, 3.8) is 0 Å². The zero-order chi connectivity index (χ0) is 16.7. The van der Waals surface area contributed by atoms with Crippen LogP contribution in [0.5, 0.6) is 0 Å². The van der Waals surface area contributed by atoms with Crippen molar-refractivity contribution in [2.75, 3.05) is 0 Å². The molecular formula is C19H17N3OS. The van der Waals surface area contributed by atoms with Gasteiger partial charge in [-0.2, -0.15) is 17.9 Å². The number of hydrogen-bond acceptors (Lipinski definition) is 5. The highest BCUT2D eigenvalue weighted by Gasteiger charge is 2.43. The van der Waals surface area contributed by atoms with Gasteiger partial charge in [-0.3, -0.25) is 9.98 Å². The summed E-state index contributed by atoms with van der Waals surface area (Å²) in [5.41, 5.74) is 3.78. The van der Waals surface area contributed by atoms with Crippen LogP contribution in [-0.4, -0.2) is 22.0 Å². The van der Waals surface area contributed by atoms with E-state index in [0.29, 0.717) is 0 Å². The fourth-order valence-corrected chi connectivity index (χ4v) is 3.64. The van der Waals surface area contributed by atoms with E-state index < -0.39 is 0 Å². The van der Waals surface area contributed by atoms with E-state index in [1.54, 1.807) is 12.4 Å². The summed E-state index contributed by atoms with van der Waals surface area (Å²) in [5, 5.41) is 9.62. The number of fused-ring (bicyclic) bond motifs is 2. The lowest BCUT2D eigenvalue weighted by Gasteiger charge is -2.13. The van der Waals surface area contributed by atoms with Gasteiger partial charge in [0.05, 0.1) is 22.1 Å². The SMILES string of the molecule is CC1(S)C=CC2=C(N=C1)C1C/C(=C(\C#N)c3ccncc3)CC1O2. The van der Waals surface area contributed by atoms with Gasteiger partial charge in [0.25, 0.3) is 0 Å². The Morgan fingerprint density at radius 2 is 2.17 bits per heavy atom. The summed E-state index contributed by atoms with van der Waals surface area (Å²) in [6, 6.07) is 6.12. The first kappa shape index (κ1) is 15.2. The van der Waals surface area contributed by atoms with E-state index in [1.165, 1.54) is 0 Å². The van der Waals surface area contributed by atoms with Crippen LogP contribution in [0.25, 0.3) is 5.57 Å². The van der Waals surface area contributed by atoms with Gasteiger partial charge < -0.3 is 4.74 Å². The molecule has 0 saturated heterocycles. The van der Waals surface area contributed by atoms with Gasteiger partial charge in [-0.15, -0.1) is 0 Å². The molecule has 0 N–H and O–H groups in total. The van der Waals surface area contributed by atoms with Crippen LogP contribution in [0.4, 0.5) is 0 Å². The predicted molar refractivity (Wildman–Crippen MR) is 96.4 cm³/mol. The Labute approximate surface area is 146 Å². The molecule has 0 amide bonds. The quantitative estimate of drug-likeness (QED) is 0.629. The van der Waals surface area contributed by atoms with Gasteiger partial charge in [0, 0.05) is 30.9 Å². The van der Waals surface area contributed by atoms with E-state index in [4.69, 9.17) is 4.74 Å². The minimum absolute atomic E-state index is 0.0706. The molecule has 0 spiro atoms. The maximum absolute atomic E-state index is 9.62. The summed E-state index contributed by atoms with van der Waals surface area (Å²) in [4.78, 5) is 8.67. The molecule has 0 aromatic carbocycles. The van der Waals surface area contributed by atoms with Crippen LogP contribution in [0, 0.1) is 17.2 Å². The molecule has 1 aliphatic carbocycles. The zero-order valence-electron chi connectivity index (χ0n) is 13.3. The van der Waals surface area contributed by atoms with Crippen molar-refractivity contribution in [2.24, 2.45) is 10.9 Å². The Morgan fingerprint density at radius 1 is 1.38 bits per heavy atom. The van der Waals surface area contributed by atoms with Crippen molar-refractivity contribution < 1.29 is 4.74 Å². The standard InChI is InChI=1S/C19H17N3OS/c1-19(24)5-2-16-18(22-11-19)14-8-13(9-17(14)23-16)15(10-20)12-3-6-21-7-4-12/h2-7,11,14,17,24H,8-9H2,1H3/b15-13-. The molecule has 3 aliphatic rings. The first-order valence-corrected chi connectivity index (χ1v) is 8.42. The van der Waals surface area contributed by atoms with Crippen LogP contribution in [0.1, 0.15) is 25.3 Å². The number of pyridine rings is 1. The second-order valence-electron chi connectivity index (χ2n) is 6.56. The first-order valence-electron chi connectivity index (χ1n) is 7.97. The van der Waals surface area contributed by atoms with Gasteiger partial charge in [-0.25, -0.2) is 0 Å². The molecule has 24 heavy (non-hydrogen) atoms. The topological polar surface area (TPSA) is 58.3 Å². The molecule has 1 aromatic heterocycles. The Kier molecular flexibility index (Phi) is 3.58. The minimum atomic E-state index is -0.366. The van der Waals surface area contributed by atoms with E-state index >= 15 is 0 Å². The largest absolute Gasteiger partial charge is 0.487 e. The fourth-order valence-electron chi connectivity index (χ4n) is 3.51. The number of allylic oxidation sites excluding steroid dienone is 2. The maximum Gasteiger partial charge on any atom is 0.141 e. The van der Waals surface area contributed by atoms with Crippen molar-refractivity contribution in [1.82, 2.24) is 4.98 Å². The molecule has 5 heteroatoms. The summed E-state index contributed by atoms with van der Waals surface area (Å²) >= 11 is 4.56. The highest BCUT2D eigenvalue weighted by atomic mass is 32.1. The second kappa shape index (κ2) is 5.64.